The number of hydroxylamine groups is 1. The van der Waals surface area contributed by atoms with Crippen LogP contribution in [0.25, 0.3) is 21.9 Å². The summed E-state index contributed by atoms with van der Waals surface area (Å²) < 4.78 is 38.5. The molecule has 0 saturated carbocycles. The zero-order valence-corrected chi connectivity index (χ0v) is 20.3. The number of hydrogen-bond donors (Lipinski definition) is 2. The number of nitrogens with zero attached hydrogens (tertiary/aromatic N) is 2. The Kier molecular flexibility index (Phi) is 7.25. The van der Waals surface area contributed by atoms with Gasteiger partial charge >= 0.3 is 0 Å². The molecule has 10 heteroatoms. The number of halogens is 1. The molecule has 0 saturated heterocycles. The maximum absolute atomic E-state index is 14.7. The number of nitrogens with one attached hydrogen (secondary N) is 1. The van der Waals surface area contributed by atoms with E-state index in [0.717, 1.165) is 11.8 Å². The minimum atomic E-state index is -3.88. The van der Waals surface area contributed by atoms with Gasteiger partial charge in [-0.3, -0.25) is 14.8 Å². The van der Waals surface area contributed by atoms with Crippen molar-refractivity contribution in [1.82, 2.24) is 14.9 Å². The standard InChI is InChI=1S/C24H28FN3O5S/c1-24(23(30)26-31,34(4,32)33)10-12-28-11-9-18-14-17(6-8-20(18)22(28)29)19-7-5-16(13-21(19)25)15-27(2)3/h5-9,11,13-14,31H,10,12,15H2,1-4H3,(H,26,30). The number of carbonyl (C=O) groups excluding carboxylic acids is 1. The van der Waals surface area contributed by atoms with E-state index >= 15 is 0 Å². The molecule has 182 valence electrons. The number of fused-ring (bicyclic) bond motifs is 1. The monoisotopic (exact) mass is 489 g/mol. The van der Waals surface area contributed by atoms with Crippen LogP contribution in [0.3, 0.4) is 0 Å². The number of pyridine rings is 1. The van der Waals surface area contributed by atoms with Crippen LogP contribution in [-0.2, 0) is 27.7 Å². The van der Waals surface area contributed by atoms with E-state index in [1.54, 1.807) is 30.3 Å². The topological polar surface area (TPSA) is 109 Å². The molecule has 0 aliphatic carbocycles. The van der Waals surface area contributed by atoms with E-state index in [1.807, 2.05) is 25.1 Å². The fourth-order valence-corrected chi connectivity index (χ4v) is 4.65. The second kappa shape index (κ2) is 9.65. The van der Waals surface area contributed by atoms with Gasteiger partial charge in [0.15, 0.2) is 14.6 Å². The van der Waals surface area contributed by atoms with E-state index in [1.165, 1.54) is 29.2 Å². The molecule has 1 amide bonds. The molecule has 2 N–H and O–H groups in total. The van der Waals surface area contributed by atoms with Gasteiger partial charge in [-0.25, -0.2) is 18.3 Å². The van der Waals surface area contributed by atoms with Crippen molar-refractivity contribution in [1.29, 1.82) is 0 Å². The Balaban J connectivity index is 1.93. The predicted octanol–water partition coefficient (Wildman–Crippen LogP) is 2.57. The Morgan fingerprint density at radius 1 is 1.18 bits per heavy atom. The zero-order chi connectivity index (χ0) is 25.3. The number of sulfone groups is 1. The maximum Gasteiger partial charge on any atom is 0.264 e. The van der Waals surface area contributed by atoms with Crippen molar-refractivity contribution in [3.8, 4) is 11.1 Å². The first-order chi connectivity index (χ1) is 15.9. The highest BCUT2D eigenvalue weighted by Crippen LogP contribution is 2.27. The van der Waals surface area contributed by atoms with Crippen LogP contribution in [0.5, 0.6) is 0 Å². The quantitative estimate of drug-likeness (QED) is 0.372. The van der Waals surface area contributed by atoms with Crippen LogP contribution in [0.15, 0.2) is 53.5 Å². The molecule has 0 aliphatic heterocycles. The van der Waals surface area contributed by atoms with E-state index in [4.69, 9.17) is 5.21 Å². The molecule has 0 fully saturated rings. The van der Waals surface area contributed by atoms with E-state index in [-0.39, 0.29) is 24.3 Å². The van der Waals surface area contributed by atoms with E-state index in [2.05, 4.69) is 0 Å². The van der Waals surface area contributed by atoms with Gasteiger partial charge in [-0.15, -0.1) is 0 Å². The van der Waals surface area contributed by atoms with Gasteiger partial charge in [-0.2, -0.15) is 0 Å². The fourth-order valence-electron chi connectivity index (χ4n) is 3.81. The number of hydrogen-bond acceptors (Lipinski definition) is 6. The first kappa shape index (κ1) is 25.5. The summed E-state index contributed by atoms with van der Waals surface area (Å²) in [6.07, 6.45) is 2.19. The highest BCUT2D eigenvalue weighted by molar-refractivity contribution is 7.92. The van der Waals surface area contributed by atoms with E-state index in [9.17, 15) is 22.4 Å². The molecule has 3 aromatic rings. The van der Waals surface area contributed by atoms with Crippen molar-refractivity contribution in [3.63, 3.8) is 0 Å². The Morgan fingerprint density at radius 2 is 1.88 bits per heavy atom. The van der Waals surface area contributed by atoms with Gasteiger partial charge in [0.1, 0.15) is 5.82 Å². The number of benzene rings is 2. The van der Waals surface area contributed by atoms with Crippen molar-refractivity contribution in [2.45, 2.75) is 31.2 Å². The smallest absolute Gasteiger partial charge is 0.264 e. The molecule has 0 radical (unpaired) electrons. The van der Waals surface area contributed by atoms with Crippen LogP contribution in [0.4, 0.5) is 4.39 Å². The molecular weight excluding hydrogens is 461 g/mol. The second-order valence-corrected chi connectivity index (χ2v) is 11.3. The van der Waals surface area contributed by atoms with Gasteiger partial charge < -0.3 is 9.47 Å². The van der Waals surface area contributed by atoms with Crippen LogP contribution in [0.2, 0.25) is 0 Å². The molecule has 1 aromatic heterocycles. The first-order valence-electron chi connectivity index (χ1n) is 10.6. The first-order valence-corrected chi connectivity index (χ1v) is 12.5. The Morgan fingerprint density at radius 3 is 2.47 bits per heavy atom. The third kappa shape index (κ3) is 5.03. The average Bonchev–Trinajstić information content (AvgIpc) is 2.76. The second-order valence-electron chi connectivity index (χ2n) is 8.86. The van der Waals surface area contributed by atoms with Gasteiger partial charge in [0.2, 0.25) is 0 Å². The van der Waals surface area contributed by atoms with Crippen LogP contribution >= 0.6 is 0 Å². The SMILES string of the molecule is CN(C)Cc1ccc(-c2ccc3c(=O)n(CCC(C)(C(=O)NO)S(C)(=O)=O)ccc3c2)c(F)c1. The predicted molar refractivity (Wildman–Crippen MR) is 129 cm³/mol. The van der Waals surface area contributed by atoms with E-state index in [0.29, 0.717) is 28.4 Å². The lowest BCUT2D eigenvalue weighted by molar-refractivity contribution is -0.131. The summed E-state index contributed by atoms with van der Waals surface area (Å²) in [5.74, 6) is -1.42. The molecule has 0 aliphatic rings. The number of rotatable bonds is 8. The van der Waals surface area contributed by atoms with Gasteiger partial charge in [0.25, 0.3) is 11.5 Å². The highest BCUT2D eigenvalue weighted by Gasteiger charge is 2.43. The van der Waals surface area contributed by atoms with Crippen molar-refractivity contribution in [3.05, 3.63) is 70.4 Å². The normalized spacial score (nSPS) is 13.7. The molecule has 2 aromatic carbocycles. The van der Waals surface area contributed by atoms with Gasteiger partial charge in [0.05, 0.1) is 0 Å². The lowest BCUT2D eigenvalue weighted by atomic mass is 10.00. The highest BCUT2D eigenvalue weighted by atomic mass is 32.2. The zero-order valence-electron chi connectivity index (χ0n) is 19.5. The van der Waals surface area contributed by atoms with Crippen molar-refractivity contribution in [2.24, 2.45) is 0 Å². The molecule has 34 heavy (non-hydrogen) atoms. The summed E-state index contributed by atoms with van der Waals surface area (Å²) in [5, 5.41) is 9.94. The number of carbonyl (C=O) groups is 1. The lowest BCUT2D eigenvalue weighted by Crippen LogP contribution is -2.49. The van der Waals surface area contributed by atoms with Crippen molar-refractivity contribution >= 4 is 26.5 Å². The molecule has 1 heterocycles. The van der Waals surface area contributed by atoms with E-state index < -0.39 is 20.5 Å². The number of aromatic nitrogens is 1. The van der Waals surface area contributed by atoms with Gasteiger partial charge in [-0.05, 0) is 68.2 Å². The van der Waals surface area contributed by atoms with Crippen molar-refractivity contribution in [2.75, 3.05) is 20.4 Å². The van der Waals surface area contributed by atoms with Crippen LogP contribution < -0.4 is 11.0 Å². The molecule has 1 unspecified atom stereocenters. The summed E-state index contributed by atoms with van der Waals surface area (Å²) in [4.78, 5) is 26.9. The number of amides is 1. The Bertz CT molecular complexity index is 1400. The molecular formula is C24H28FN3O5S. The molecule has 8 nitrogen and oxygen atoms in total. The third-order valence-corrected chi connectivity index (χ3v) is 8.08. The van der Waals surface area contributed by atoms with Crippen LogP contribution in [0.1, 0.15) is 18.9 Å². The molecule has 0 bridgehead atoms. The molecule has 0 spiro atoms. The Labute approximate surface area is 197 Å². The summed E-state index contributed by atoms with van der Waals surface area (Å²) in [7, 11) is -0.0617. The summed E-state index contributed by atoms with van der Waals surface area (Å²) >= 11 is 0. The van der Waals surface area contributed by atoms with Crippen LogP contribution in [0, 0.1) is 5.82 Å². The number of aryl methyl sites for hydroxylation is 1. The minimum Gasteiger partial charge on any atom is -0.315 e. The molecule has 1 atom stereocenters. The minimum absolute atomic E-state index is 0.0600. The van der Waals surface area contributed by atoms with Gasteiger partial charge in [-0.1, -0.05) is 18.2 Å². The summed E-state index contributed by atoms with van der Waals surface area (Å²) in [6, 6.07) is 11.8. The van der Waals surface area contributed by atoms with Crippen LogP contribution in [-0.4, -0.2) is 54.1 Å². The summed E-state index contributed by atoms with van der Waals surface area (Å²) in [6.45, 7) is 1.76. The van der Waals surface area contributed by atoms with Gasteiger partial charge in [0, 0.05) is 36.5 Å². The maximum atomic E-state index is 14.7. The third-order valence-electron chi connectivity index (χ3n) is 6.05. The summed E-state index contributed by atoms with van der Waals surface area (Å²) in [5.41, 5.74) is 2.93. The fraction of sp³-hybridized carbons (Fsp3) is 0.333. The Hall–Kier alpha value is -3.08. The lowest BCUT2D eigenvalue weighted by Gasteiger charge is -2.25. The average molecular weight is 490 g/mol. The largest absolute Gasteiger partial charge is 0.315 e. The van der Waals surface area contributed by atoms with Crippen molar-refractivity contribution < 1.29 is 22.8 Å². The molecule has 3 rings (SSSR count).